The maximum absolute atomic E-state index is 13.8. The zero-order valence-corrected chi connectivity index (χ0v) is 21.4. The van der Waals surface area contributed by atoms with Gasteiger partial charge in [0.2, 0.25) is 0 Å². The summed E-state index contributed by atoms with van der Waals surface area (Å²) in [5.41, 5.74) is 13.2. The van der Waals surface area contributed by atoms with E-state index < -0.39 is 5.91 Å². The normalized spacial score (nSPS) is 17.8. The fourth-order valence-corrected chi connectivity index (χ4v) is 5.74. The number of hydrogen-bond donors (Lipinski definition) is 4. The second kappa shape index (κ2) is 9.29. The number of primary amides is 1. The molecule has 1 amide bonds. The summed E-state index contributed by atoms with van der Waals surface area (Å²) >= 11 is 0. The van der Waals surface area contributed by atoms with Gasteiger partial charge in [0.1, 0.15) is 11.6 Å². The number of H-pyrrole nitrogens is 1. The van der Waals surface area contributed by atoms with Crippen LogP contribution >= 0.6 is 0 Å². The van der Waals surface area contributed by atoms with Gasteiger partial charge < -0.3 is 25.7 Å². The van der Waals surface area contributed by atoms with Gasteiger partial charge in [0, 0.05) is 34.1 Å². The number of hydrogen-bond acceptors (Lipinski definition) is 4. The lowest BCUT2D eigenvalue weighted by Gasteiger charge is -2.28. The second-order valence-corrected chi connectivity index (χ2v) is 10.2. The van der Waals surface area contributed by atoms with E-state index in [4.69, 9.17) is 10.7 Å². The van der Waals surface area contributed by atoms with Gasteiger partial charge in [-0.05, 0) is 87.6 Å². The minimum absolute atomic E-state index is 0.167. The molecule has 194 valence electrons. The summed E-state index contributed by atoms with van der Waals surface area (Å²) in [7, 11) is 0. The largest absolute Gasteiger partial charge is 0.393 e. The summed E-state index contributed by atoms with van der Waals surface area (Å²) in [6.45, 7) is 4.16. The third-order valence-electron chi connectivity index (χ3n) is 7.82. The molecule has 1 fully saturated rings. The van der Waals surface area contributed by atoms with Gasteiger partial charge in [-0.25, -0.2) is 9.37 Å². The van der Waals surface area contributed by atoms with Gasteiger partial charge in [-0.15, -0.1) is 0 Å². The van der Waals surface area contributed by atoms with Gasteiger partial charge >= 0.3 is 0 Å². The van der Waals surface area contributed by atoms with Crippen LogP contribution in [0.2, 0.25) is 0 Å². The minimum Gasteiger partial charge on any atom is -0.393 e. The fourth-order valence-electron chi connectivity index (χ4n) is 5.74. The summed E-state index contributed by atoms with van der Waals surface area (Å²) in [5.74, 6) is -0.108. The third kappa shape index (κ3) is 4.11. The molecule has 5 N–H and O–H groups in total. The Kier molecular flexibility index (Phi) is 5.91. The Morgan fingerprint density at radius 2 is 1.89 bits per heavy atom. The van der Waals surface area contributed by atoms with Gasteiger partial charge in [0.15, 0.2) is 0 Å². The number of aromatic amines is 1. The van der Waals surface area contributed by atoms with E-state index in [0.717, 1.165) is 59.1 Å². The molecule has 1 aliphatic rings. The average Bonchev–Trinajstić information content (AvgIpc) is 3.43. The van der Waals surface area contributed by atoms with Crippen molar-refractivity contribution in [1.82, 2.24) is 14.5 Å². The number of fused-ring (bicyclic) bond motifs is 2. The lowest BCUT2D eigenvalue weighted by atomic mass is 9.92. The first-order chi connectivity index (χ1) is 18.3. The van der Waals surface area contributed by atoms with Crippen molar-refractivity contribution in [3.8, 4) is 17.1 Å². The number of aryl methyl sites for hydroxylation is 1. The molecule has 2 aromatic heterocycles. The van der Waals surface area contributed by atoms with Gasteiger partial charge in [-0.1, -0.05) is 12.1 Å². The summed E-state index contributed by atoms with van der Waals surface area (Å²) in [4.78, 5) is 20.3. The lowest BCUT2D eigenvalue weighted by Crippen LogP contribution is -2.29. The van der Waals surface area contributed by atoms with Crippen LogP contribution in [0.5, 0.6) is 0 Å². The number of nitrogens with zero attached hydrogens (tertiary/aromatic N) is 2. The molecule has 0 aliphatic heterocycles. The Balaban J connectivity index is 1.47. The summed E-state index contributed by atoms with van der Waals surface area (Å²) in [6, 6.07) is 16.5. The predicted molar refractivity (Wildman–Crippen MR) is 148 cm³/mol. The van der Waals surface area contributed by atoms with Crippen molar-refractivity contribution in [3.05, 3.63) is 77.2 Å². The molecule has 6 rings (SSSR count). The van der Waals surface area contributed by atoms with Crippen molar-refractivity contribution in [1.29, 1.82) is 0 Å². The molecular formula is C30H30FN5O2. The van der Waals surface area contributed by atoms with Crippen molar-refractivity contribution in [3.63, 3.8) is 0 Å². The number of benzene rings is 3. The van der Waals surface area contributed by atoms with Crippen molar-refractivity contribution < 1.29 is 14.3 Å². The van der Waals surface area contributed by atoms with Crippen LogP contribution in [0.3, 0.4) is 0 Å². The van der Waals surface area contributed by atoms with Gasteiger partial charge in [0.25, 0.3) is 5.91 Å². The number of halogens is 1. The highest BCUT2D eigenvalue weighted by Crippen LogP contribution is 2.37. The number of imidazole rings is 1. The molecule has 8 heteroatoms. The maximum Gasteiger partial charge on any atom is 0.250 e. The second-order valence-electron chi connectivity index (χ2n) is 10.2. The van der Waals surface area contributed by atoms with E-state index >= 15 is 0 Å². The van der Waals surface area contributed by atoms with Gasteiger partial charge in [-0.3, -0.25) is 4.79 Å². The molecule has 7 nitrogen and oxygen atoms in total. The molecule has 0 unspecified atom stereocenters. The molecule has 3 aromatic carbocycles. The Labute approximate surface area is 219 Å². The number of carbonyl (C=O) groups is 1. The van der Waals surface area contributed by atoms with E-state index in [-0.39, 0.29) is 18.0 Å². The molecule has 1 saturated carbocycles. The summed E-state index contributed by atoms with van der Waals surface area (Å²) < 4.78 is 16.0. The number of rotatable bonds is 5. The van der Waals surface area contributed by atoms with E-state index in [9.17, 15) is 14.3 Å². The Morgan fingerprint density at radius 3 is 2.66 bits per heavy atom. The lowest BCUT2D eigenvalue weighted by molar-refractivity contribution is 0.100. The average molecular weight is 512 g/mol. The monoisotopic (exact) mass is 511 g/mol. The topological polar surface area (TPSA) is 109 Å². The van der Waals surface area contributed by atoms with E-state index in [1.54, 1.807) is 12.1 Å². The molecule has 0 atom stereocenters. The van der Waals surface area contributed by atoms with E-state index in [2.05, 4.69) is 34.8 Å². The molecule has 38 heavy (non-hydrogen) atoms. The van der Waals surface area contributed by atoms with Crippen LogP contribution in [0.25, 0.3) is 39.0 Å². The fraction of sp³-hybridized carbons (Fsp3) is 0.267. The van der Waals surface area contributed by atoms with Crippen LogP contribution < -0.4 is 11.1 Å². The van der Waals surface area contributed by atoms with Crippen molar-refractivity contribution in [2.24, 2.45) is 5.73 Å². The Hall–Kier alpha value is -4.17. The maximum atomic E-state index is 13.8. The van der Waals surface area contributed by atoms with E-state index in [0.29, 0.717) is 28.1 Å². The predicted octanol–water partition coefficient (Wildman–Crippen LogP) is 5.74. The Morgan fingerprint density at radius 1 is 1.11 bits per heavy atom. The molecule has 2 heterocycles. The van der Waals surface area contributed by atoms with Crippen molar-refractivity contribution >= 4 is 33.5 Å². The number of aliphatic hydroxyl groups is 1. The van der Waals surface area contributed by atoms with E-state index in [1.807, 2.05) is 24.3 Å². The summed E-state index contributed by atoms with van der Waals surface area (Å²) in [6.07, 6.45) is 2.88. The standard InChI is InChI=1S/C30H30FN5O2/c1-16-17(2)36(20-9-12-22(29(32)38)25(15-20)33-19-7-10-21(37)11-8-19)27-5-3-4-23(28(16)27)30-34-24-13-6-18(31)14-26(24)35-30/h3-6,9,12-15,19,21,33,37H,7-8,10-11H2,1-2H3,(H2,32,38)(H,34,35). The molecule has 5 aromatic rings. The number of aromatic nitrogens is 3. The summed E-state index contributed by atoms with van der Waals surface area (Å²) in [5, 5.41) is 14.5. The van der Waals surface area contributed by atoms with Gasteiger partial charge in [0.05, 0.1) is 28.2 Å². The quantitative estimate of drug-likeness (QED) is 0.241. The Bertz CT molecular complexity index is 1690. The highest BCUT2D eigenvalue weighted by atomic mass is 19.1. The smallest absolute Gasteiger partial charge is 0.250 e. The van der Waals surface area contributed by atoms with Gasteiger partial charge in [-0.2, -0.15) is 0 Å². The number of carbonyl (C=O) groups excluding carboxylic acids is 1. The number of nitrogens with two attached hydrogens (primary N) is 1. The molecular weight excluding hydrogens is 481 g/mol. The number of nitrogens with one attached hydrogen (secondary N) is 2. The number of aliphatic hydroxyl groups excluding tert-OH is 1. The number of amides is 1. The highest BCUT2D eigenvalue weighted by Gasteiger charge is 2.23. The molecule has 0 radical (unpaired) electrons. The number of anilines is 1. The van der Waals surface area contributed by atoms with Crippen LogP contribution in [-0.4, -0.2) is 37.7 Å². The van der Waals surface area contributed by atoms with Crippen molar-refractivity contribution in [2.45, 2.75) is 51.7 Å². The molecule has 1 aliphatic carbocycles. The SMILES string of the molecule is Cc1c(C)n(-c2ccc(C(N)=O)c(NC3CCC(O)CC3)c2)c2cccc(-c3nc4ccc(F)cc4[nH]3)c12. The highest BCUT2D eigenvalue weighted by molar-refractivity contribution is 6.01. The van der Waals surface area contributed by atoms with Crippen LogP contribution in [0.4, 0.5) is 10.1 Å². The van der Waals surface area contributed by atoms with Crippen LogP contribution in [0.15, 0.2) is 54.6 Å². The first kappa shape index (κ1) is 24.2. The molecule has 0 saturated heterocycles. The van der Waals surface area contributed by atoms with Crippen molar-refractivity contribution in [2.75, 3.05) is 5.32 Å². The first-order valence-corrected chi connectivity index (χ1v) is 12.9. The zero-order valence-electron chi connectivity index (χ0n) is 21.4. The minimum atomic E-state index is -0.483. The van der Waals surface area contributed by atoms with Crippen LogP contribution in [0.1, 0.15) is 47.3 Å². The third-order valence-corrected chi connectivity index (χ3v) is 7.82. The molecule has 0 spiro atoms. The zero-order chi connectivity index (χ0) is 26.6. The van der Waals surface area contributed by atoms with E-state index in [1.165, 1.54) is 12.1 Å². The molecule has 0 bridgehead atoms. The first-order valence-electron chi connectivity index (χ1n) is 12.9. The van der Waals surface area contributed by atoms with Crippen LogP contribution in [-0.2, 0) is 0 Å². The van der Waals surface area contributed by atoms with Crippen LogP contribution in [0, 0.1) is 19.7 Å².